The Morgan fingerprint density at radius 3 is 2.79 bits per heavy atom. The van der Waals surface area contributed by atoms with E-state index in [9.17, 15) is 0 Å². The Morgan fingerprint density at radius 1 is 1.36 bits per heavy atom. The largest absolute Gasteiger partial charge is 0.148 e. The fourth-order valence-electron chi connectivity index (χ4n) is 2.10. The lowest BCUT2D eigenvalue weighted by atomic mass is 9.86. The second kappa shape index (κ2) is 5.13. The Balaban J connectivity index is 1.99. The summed E-state index contributed by atoms with van der Waals surface area (Å²) in [5, 5.41) is 2.17. The molecule has 1 aliphatic rings. The van der Waals surface area contributed by atoms with E-state index < -0.39 is 0 Å². The molecule has 0 amide bonds. The van der Waals surface area contributed by atoms with Gasteiger partial charge in [0.15, 0.2) is 0 Å². The van der Waals surface area contributed by atoms with E-state index in [4.69, 9.17) is 0 Å². The third-order valence-electron chi connectivity index (χ3n) is 2.95. The number of hydrogen-bond acceptors (Lipinski definition) is 1. The summed E-state index contributed by atoms with van der Waals surface area (Å²) in [5.41, 5.74) is 0. The smallest absolute Gasteiger partial charge is 0.0314 e. The first-order valence-corrected chi connectivity index (χ1v) is 7.72. The fourth-order valence-corrected chi connectivity index (χ4v) is 4.48. The Morgan fingerprint density at radius 2 is 2.14 bits per heavy atom. The van der Waals surface area contributed by atoms with Gasteiger partial charge < -0.3 is 0 Å². The first kappa shape index (κ1) is 11.2. The van der Waals surface area contributed by atoms with E-state index in [1.54, 1.807) is 0 Å². The molecule has 0 spiro atoms. The van der Waals surface area contributed by atoms with Crippen LogP contribution in [0.2, 0.25) is 0 Å². The molecule has 2 unspecified atom stereocenters. The van der Waals surface area contributed by atoms with E-state index in [-0.39, 0.29) is 0 Å². The Hall–Kier alpha value is 0.660. The van der Waals surface area contributed by atoms with Gasteiger partial charge in [-0.25, -0.2) is 0 Å². The van der Waals surface area contributed by atoms with E-state index in [1.165, 1.54) is 41.5 Å². The summed E-state index contributed by atoms with van der Waals surface area (Å²) in [7, 11) is 0. The molecule has 0 saturated heterocycles. The summed E-state index contributed by atoms with van der Waals surface area (Å²) in [6, 6.07) is 2.16. The molecule has 14 heavy (non-hydrogen) atoms. The van der Waals surface area contributed by atoms with Crippen molar-refractivity contribution in [3.63, 3.8) is 0 Å². The van der Waals surface area contributed by atoms with Crippen LogP contribution in [0.5, 0.6) is 0 Å². The van der Waals surface area contributed by atoms with Gasteiger partial charge >= 0.3 is 0 Å². The van der Waals surface area contributed by atoms with Crippen LogP contribution in [0.15, 0.2) is 15.9 Å². The van der Waals surface area contributed by atoms with Crippen LogP contribution in [0.3, 0.4) is 0 Å². The maximum Gasteiger partial charge on any atom is 0.0314 e. The van der Waals surface area contributed by atoms with E-state index in [0.29, 0.717) is 0 Å². The van der Waals surface area contributed by atoms with Gasteiger partial charge in [-0.15, -0.1) is 11.3 Å². The van der Waals surface area contributed by atoms with Crippen LogP contribution in [0.4, 0.5) is 0 Å². The average molecular weight is 338 g/mol. The van der Waals surface area contributed by atoms with Gasteiger partial charge in [0.1, 0.15) is 0 Å². The minimum absolute atomic E-state index is 0.741. The fraction of sp³-hybridized carbons (Fsp3) is 0.636. The van der Waals surface area contributed by atoms with E-state index in [2.05, 4.69) is 43.3 Å². The first-order chi connectivity index (χ1) is 6.77. The number of halogens is 2. The van der Waals surface area contributed by atoms with Crippen LogP contribution in [-0.2, 0) is 6.42 Å². The van der Waals surface area contributed by atoms with Crippen molar-refractivity contribution in [1.29, 1.82) is 0 Å². The molecule has 0 nitrogen and oxygen atoms in total. The van der Waals surface area contributed by atoms with Crippen LogP contribution in [-0.4, -0.2) is 4.83 Å². The van der Waals surface area contributed by atoms with Gasteiger partial charge in [0.25, 0.3) is 0 Å². The maximum absolute atomic E-state index is 3.81. The number of rotatable bonds is 2. The monoisotopic (exact) mass is 336 g/mol. The zero-order valence-electron chi connectivity index (χ0n) is 8.01. The van der Waals surface area contributed by atoms with Gasteiger partial charge in [-0.2, -0.15) is 0 Å². The maximum atomic E-state index is 3.81. The van der Waals surface area contributed by atoms with Gasteiger partial charge in [-0.05, 0) is 52.6 Å². The quantitative estimate of drug-likeness (QED) is 0.665. The summed E-state index contributed by atoms with van der Waals surface area (Å²) in [6.07, 6.45) is 6.80. The minimum atomic E-state index is 0.741. The summed E-state index contributed by atoms with van der Waals surface area (Å²) < 4.78 is 1.30. The molecule has 1 aromatic heterocycles. The second-order valence-electron chi connectivity index (χ2n) is 3.96. The van der Waals surface area contributed by atoms with Gasteiger partial charge in [0.2, 0.25) is 0 Å². The molecule has 2 atom stereocenters. The van der Waals surface area contributed by atoms with Gasteiger partial charge in [-0.3, -0.25) is 0 Å². The topological polar surface area (TPSA) is 0 Å². The van der Waals surface area contributed by atoms with E-state index >= 15 is 0 Å². The standard InChI is InChI=1S/C11H14Br2S/c12-9-4-2-1-3-8(9)7-11-10(13)5-6-14-11/h5-6,8-9H,1-4,7H2. The lowest BCUT2D eigenvalue weighted by molar-refractivity contribution is 0.375. The summed E-state index contributed by atoms with van der Waals surface area (Å²) in [4.78, 5) is 2.26. The molecule has 3 heteroatoms. The van der Waals surface area contributed by atoms with Crippen molar-refractivity contribution in [2.75, 3.05) is 0 Å². The predicted octanol–water partition coefficient (Wildman–Crippen LogP) is 5.01. The van der Waals surface area contributed by atoms with Crippen molar-refractivity contribution >= 4 is 43.2 Å². The normalized spacial score (nSPS) is 27.9. The summed E-state index contributed by atoms with van der Waals surface area (Å²) >= 11 is 9.30. The molecule has 0 aliphatic heterocycles. The van der Waals surface area contributed by atoms with Crippen molar-refractivity contribution in [3.8, 4) is 0 Å². The third-order valence-corrected chi connectivity index (χ3v) is 6.11. The van der Waals surface area contributed by atoms with Crippen molar-refractivity contribution < 1.29 is 0 Å². The molecule has 1 heterocycles. The first-order valence-electron chi connectivity index (χ1n) is 5.13. The lowest BCUT2D eigenvalue weighted by Crippen LogP contribution is -2.20. The predicted molar refractivity (Wildman–Crippen MR) is 70.4 cm³/mol. The zero-order chi connectivity index (χ0) is 9.97. The Kier molecular flexibility index (Phi) is 4.09. The average Bonchev–Trinajstić information content (AvgIpc) is 2.56. The molecule has 1 fully saturated rings. The van der Waals surface area contributed by atoms with Gasteiger partial charge in [0.05, 0.1) is 0 Å². The highest BCUT2D eigenvalue weighted by Crippen LogP contribution is 2.35. The zero-order valence-corrected chi connectivity index (χ0v) is 12.0. The van der Waals surface area contributed by atoms with Crippen LogP contribution in [0, 0.1) is 5.92 Å². The number of thiophene rings is 1. The minimum Gasteiger partial charge on any atom is -0.148 e. The van der Waals surface area contributed by atoms with Crippen molar-refractivity contribution in [2.24, 2.45) is 5.92 Å². The SMILES string of the molecule is Brc1ccsc1CC1CCCCC1Br. The number of hydrogen-bond donors (Lipinski definition) is 0. The molecule has 1 aliphatic carbocycles. The highest BCUT2D eigenvalue weighted by molar-refractivity contribution is 9.10. The summed E-state index contributed by atoms with van der Waals surface area (Å²) in [5.74, 6) is 0.846. The highest BCUT2D eigenvalue weighted by atomic mass is 79.9. The number of alkyl halides is 1. The van der Waals surface area contributed by atoms with Crippen molar-refractivity contribution in [1.82, 2.24) is 0 Å². The molecule has 0 N–H and O–H groups in total. The Labute approximate surface area is 106 Å². The molecule has 1 saturated carbocycles. The van der Waals surface area contributed by atoms with Crippen LogP contribution in [0.1, 0.15) is 30.6 Å². The molecule has 0 radical (unpaired) electrons. The van der Waals surface area contributed by atoms with Crippen molar-refractivity contribution in [2.45, 2.75) is 36.9 Å². The Bertz CT molecular complexity index is 295. The van der Waals surface area contributed by atoms with Gasteiger partial charge in [0, 0.05) is 14.2 Å². The van der Waals surface area contributed by atoms with E-state index in [1.807, 2.05) is 11.3 Å². The van der Waals surface area contributed by atoms with E-state index in [0.717, 1.165) is 10.7 Å². The molecule has 1 aromatic rings. The molecule has 78 valence electrons. The lowest BCUT2D eigenvalue weighted by Gasteiger charge is -2.27. The molecule has 0 aromatic carbocycles. The van der Waals surface area contributed by atoms with Crippen LogP contribution in [0.25, 0.3) is 0 Å². The molecule has 0 bridgehead atoms. The molecular weight excluding hydrogens is 324 g/mol. The second-order valence-corrected chi connectivity index (χ2v) is 6.99. The van der Waals surface area contributed by atoms with Crippen LogP contribution >= 0.6 is 43.2 Å². The molecule has 2 rings (SSSR count). The summed E-state index contributed by atoms with van der Waals surface area (Å²) in [6.45, 7) is 0. The van der Waals surface area contributed by atoms with Crippen molar-refractivity contribution in [3.05, 3.63) is 20.8 Å². The highest BCUT2D eigenvalue weighted by Gasteiger charge is 2.23. The van der Waals surface area contributed by atoms with Crippen LogP contribution < -0.4 is 0 Å². The van der Waals surface area contributed by atoms with Gasteiger partial charge in [-0.1, -0.05) is 28.8 Å². The third kappa shape index (κ3) is 2.61. The molecular formula is C11H14Br2S.